The van der Waals surface area contributed by atoms with Crippen LogP contribution in [0.3, 0.4) is 0 Å². The van der Waals surface area contributed by atoms with Gasteiger partial charge in [-0.2, -0.15) is 5.10 Å². The Labute approximate surface area is 104 Å². The van der Waals surface area contributed by atoms with Gasteiger partial charge in [-0.1, -0.05) is 24.3 Å². The highest BCUT2D eigenvalue weighted by Crippen LogP contribution is 2.31. The van der Waals surface area contributed by atoms with E-state index in [9.17, 15) is 0 Å². The van der Waals surface area contributed by atoms with Crippen LogP contribution in [-0.2, 0) is 6.61 Å². The summed E-state index contributed by atoms with van der Waals surface area (Å²) in [7, 11) is 0. The van der Waals surface area contributed by atoms with Crippen LogP contribution in [-0.4, -0.2) is 15.3 Å². The Kier molecular flexibility index (Phi) is 2.70. The highest BCUT2D eigenvalue weighted by molar-refractivity contribution is 5.79. The summed E-state index contributed by atoms with van der Waals surface area (Å²) in [4.78, 5) is 0. The van der Waals surface area contributed by atoms with Crippen LogP contribution in [0.15, 0.2) is 53.1 Å². The molecule has 18 heavy (non-hydrogen) atoms. The third kappa shape index (κ3) is 1.83. The summed E-state index contributed by atoms with van der Waals surface area (Å²) in [6, 6.07) is 13.5. The van der Waals surface area contributed by atoms with Gasteiger partial charge in [0, 0.05) is 11.1 Å². The van der Waals surface area contributed by atoms with Crippen LogP contribution in [0.4, 0.5) is 0 Å². The van der Waals surface area contributed by atoms with E-state index >= 15 is 0 Å². The number of nitrogens with one attached hydrogen (secondary N) is 1. The fourth-order valence-electron chi connectivity index (χ4n) is 1.93. The van der Waals surface area contributed by atoms with E-state index in [0.717, 1.165) is 22.6 Å². The molecular weight excluding hydrogens is 228 g/mol. The van der Waals surface area contributed by atoms with Crippen molar-refractivity contribution in [2.75, 3.05) is 0 Å². The fraction of sp³-hybridized carbons (Fsp3) is 0.0714. The van der Waals surface area contributed by atoms with Crippen LogP contribution in [0, 0.1) is 0 Å². The van der Waals surface area contributed by atoms with Crippen LogP contribution < -0.4 is 0 Å². The Hall–Kier alpha value is -2.33. The van der Waals surface area contributed by atoms with Crippen LogP contribution in [0.2, 0.25) is 0 Å². The topological polar surface area (TPSA) is 62.1 Å². The van der Waals surface area contributed by atoms with E-state index in [1.54, 1.807) is 6.26 Å². The molecule has 0 saturated heterocycles. The molecule has 0 radical (unpaired) electrons. The smallest absolute Gasteiger partial charge is 0.134 e. The van der Waals surface area contributed by atoms with E-state index in [1.165, 1.54) is 0 Å². The lowest BCUT2D eigenvalue weighted by Gasteiger charge is -2.03. The van der Waals surface area contributed by atoms with Crippen molar-refractivity contribution in [2.45, 2.75) is 6.61 Å². The normalized spacial score (nSPS) is 10.7. The Morgan fingerprint density at radius 1 is 1.11 bits per heavy atom. The minimum absolute atomic E-state index is 0.0457. The number of nitrogens with zero attached hydrogens (tertiary/aromatic N) is 1. The molecule has 0 atom stereocenters. The van der Waals surface area contributed by atoms with Gasteiger partial charge in [-0.3, -0.25) is 5.10 Å². The van der Waals surface area contributed by atoms with Crippen molar-refractivity contribution in [3.05, 3.63) is 54.4 Å². The maximum atomic E-state index is 9.06. The van der Waals surface area contributed by atoms with Gasteiger partial charge in [0.25, 0.3) is 0 Å². The molecule has 0 bridgehead atoms. The lowest BCUT2D eigenvalue weighted by atomic mass is 10.0. The van der Waals surface area contributed by atoms with Crippen LogP contribution >= 0.6 is 0 Å². The maximum Gasteiger partial charge on any atom is 0.134 e. The molecule has 1 aromatic carbocycles. The molecule has 0 saturated carbocycles. The summed E-state index contributed by atoms with van der Waals surface area (Å²) in [5, 5.41) is 16.1. The van der Waals surface area contributed by atoms with Gasteiger partial charge in [0.05, 0.1) is 24.3 Å². The molecule has 2 N–H and O–H groups in total. The number of furan rings is 1. The highest BCUT2D eigenvalue weighted by atomic mass is 16.3. The number of H-pyrrole nitrogens is 1. The van der Waals surface area contributed by atoms with Gasteiger partial charge in [-0.25, -0.2) is 0 Å². The molecule has 2 heterocycles. The molecule has 0 aliphatic carbocycles. The number of hydrogen-bond acceptors (Lipinski definition) is 3. The Bertz CT molecular complexity index is 641. The molecule has 0 aliphatic rings. The van der Waals surface area contributed by atoms with Crippen molar-refractivity contribution in [2.24, 2.45) is 0 Å². The lowest BCUT2D eigenvalue weighted by Crippen LogP contribution is -1.83. The minimum Gasteiger partial charge on any atom is -0.464 e. The van der Waals surface area contributed by atoms with E-state index in [0.29, 0.717) is 5.69 Å². The molecular formula is C14H12N2O2. The number of aliphatic hydroxyl groups is 1. The number of hydrogen-bond donors (Lipinski definition) is 2. The van der Waals surface area contributed by atoms with E-state index < -0.39 is 0 Å². The van der Waals surface area contributed by atoms with Gasteiger partial charge in [-0.05, 0) is 18.2 Å². The number of aromatic amines is 1. The number of aliphatic hydroxyl groups excluding tert-OH is 1. The standard InChI is InChI=1S/C14H12N2O2/c17-9-10-8-13(16-15-10)11-4-1-2-5-12(11)14-6-3-7-18-14/h1-8,17H,9H2,(H,15,16). The summed E-state index contributed by atoms with van der Waals surface area (Å²) in [5.74, 6) is 0.805. The molecule has 0 spiro atoms. The predicted molar refractivity (Wildman–Crippen MR) is 67.6 cm³/mol. The molecule has 3 rings (SSSR count). The Morgan fingerprint density at radius 3 is 2.61 bits per heavy atom. The molecule has 4 heteroatoms. The number of benzene rings is 1. The third-order valence-electron chi connectivity index (χ3n) is 2.79. The SMILES string of the molecule is OCc1cc(-c2ccccc2-c2ccco2)n[nH]1. The second-order valence-corrected chi connectivity index (χ2v) is 3.96. The molecule has 2 aromatic heterocycles. The van der Waals surface area contributed by atoms with Crippen molar-refractivity contribution in [1.29, 1.82) is 0 Å². The predicted octanol–water partition coefficient (Wildman–Crippen LogP) is 2.83. The Morgan fingerprint density at radius 2 is 1.94 bits per heavy atom. The first-order valence-electron chi connectivity index (χ1n) is 5.67. The molecule has 0 amide bonds. The summed E-state index contributed by atoms with van der Waals surface area (Å²) >= 11 is 0. The van der Waals surface area contributed by atoms with E-state index in [2.05, 4.69) is 10.2 Å². The number of aromatic nitrogens is 2. The van der Waals surface area contributed by atoms with Crippen molar-refractivity contribution in [3.8, 4) is 22.6 Å². The van der Waals surface area contributed by atoms with E-state index in [-0.39, 0.29) is 6.61 Å². The van der Waals surface area contributed by atoms with Gasteiger partial charge in [-0.15, -0.1) is 0 Å². The number of rotatable bonds is 3. The monoisotopic (exact) mass is 240 g/mol. The molecule has 4 nitrogen and oxygen atoms in total. The van der Waals surface area contributed by atoms with Gasteiger partial charge >= 0.3 is 0 Å². The zero-order valence-corrected chi connectivity index (χ0v) is 9.63. The van der Waals surface area contributed by atoms with Crippen LogP contribution in [0.1, 0.15) is 5.69 Å². The second-order valence-electron chi connectivity index (χ2n) is 3.96. The molecule has 3 aromatic rings. The highest BCUT2D eigenvalue weighted by Gasteiger charge is 2.11. The van der Waals surface area contributed by atoms with Crippen molar-refractivity contribution >= 4 is 0 Å². The van der Waals surface area contributed by atoms with Crippen molar-refractivity contribution < 1.29 is 9.52 Å². The van der Waals surface area contributed by atoms with Gasteiger partial charge in [0.15, 0.2) is 0 Å². The first kappa shape index (κ1) is 10.8. The molecule has 90 valence electrons. The lowest BCUT2D eigenvalue weighted by molar-refractivity contribution is 0.276. The van der Waals surface area contributed by atoms with E-state index in [4.69, 9.17) is 9.52 Å². The summed E-state index contributed by atoms with van der Waals surface area (Å²) < 4.78 is 5.43. The molecule has 0 unspecified atom stereocenters. The van der Waals surface area contributed by atoms with Crippen LogP contribution in [0.5, 0.6) is 0 Å². The zero-order chi connectivity index (χ0) is 12.4. The van der Waals surface area contributed by atoms with Crippen LogP contribution in [0.25, 0.3) is 22.6 Å². The first-order chi connectivity index (χ1) is 8.88. The first-order valence-corrected chi connectivity index (χ1v) is 5.67. The average Bonchev–Trinajstić information content (AvgIpc) is 3.10. The summed E-state index contributed by atoms with van der Waals surface area (Å²) in [6.45, 7) is -0.0457. The maximum absolute atomic E-state index is 9.06. The van der Waals surface area contributed by atoms with Crippen molar-refractivity contribution in [3.63, 3.8) is 0 Å². The molecule has 0 aliphatic heterocycles. The Balaban J connectivity index is 2.12. The summed E-state index contributed by atoms with van der Waals surface area (Å²) in [6.07, 6.45) is 1.65. The fourth-order valence-corrected chi connectivity index (χ4v) is 1.93. The van der Waals surface area contributed by atoms with Gasteiger partial charge in [0.1, 0.15) is 5.76 Å². The van der Waals surface area contributed by atoms with Crippen molar-refractivity contribution in [1.82, 2.24) is 10.2 Å². The largest absolute Gasteiger partial charge is 0.464 e. The third-order valence-corrected chi connectivity index (χ3v) is 2.79. The van der Waals surface area contributed by atoms with Gasteiger partial charge in [0.2, 0.25) is 0 Å². The van der Waals surface area contributed by atoms with Gasteiger partial charge < -0.3 is 9.52 Å². The second kappa shape index (κ2) is 4.50. The zero-order valence-electron chi connectivity index (χ0n) is 9.63. The summed E-state index contributed by atoms with van der Waals surface area (Å²) in [5.41, 5.74) is 3.45. The quantitative estimate of drug-likeness (QED) is 0.740. The van der Waals surface area contributed by atoms with E-state index in [1.807, 2.05) is 42.5 Å². The molecule has 0 fully saturated rings. The minimum atomic E-state index is -0.0457. The average molecular weight is 240 g/mol.